The number of aryl methyl sites for hydroxylation is 2. The Kier molecular flexibility index (Phi) is 8.95. The van der Waals surface area contributed by atoms with Gasteiger partial charge in [0.05, 0.1) is 0 Å². The molecule has 0 saturated heterocycles. The van der Waals surface area contributed by atoms with Gasteiger partial charge in [-0.05, 0) is 43.0 Å². The largest absolute Gasteiger partial charge is 0.287 e. The third-order valence-electron chi connectivity index (χ3n) is 3.07. The summed E-state index contributed by atoms with van der Waals surface area (Å²) in [5.41, 5.74) is 2.55. The summed E-state index contributed by atoms with van der Waals surface area (Å²) in [5, 5.41) is 0.754. The van der Waals surface area contributed by atoms with E-state index < -0.39 is 0 Å². The summed E-state index contributed by atoms with van der Waals surface area (Å²) in [7, 11) is 0. The van der Waals surface area contributed by atoms with E-state index in [-0.39, 0.29) is 5.12 Å². The highest BCUT2D eigenvalue weighted by Gasteiger charge is 2.02. The molecule has 3 heteroatoms. The number of hydrogen-bond acceptors (Lipinski definition) is 2. The monoisotopic (exact) mass is 334 g/mol. The summed E-state index contributed by atoms with van der Waals surface area (Å²) < 4.78 is 0. The molecule has 0 amide bonds. The van der Waals surface area contributed by atoms with Gasteiger partial charge in [-0.25, -0.2) is 0 Å². The molecular weight excluding hydrogens is 312 g/mol. The molecule has 0 aliphatic heterocycles. The molecule has 0 fully saturated rings. The van der Waals surface area contributed by atoms with Crippen LogP contribution in [0, 0.1) is 6.92 Å². The second-order valence-electron chi connectivity index (χ2n) is 5.09. The highest BCUT2D eigenvalue weighted by Crippen LogP contribution is 2.25. The van der Waals surface area contributed by atoms with Crippen LogP contribution in [0.3, 0.4) is 0 Å². The van der Waals surface area contributed by atoms with Crippen LogP contribution in [0.5, 0.6) is 0 Å². The van der Waals surface area contributed by atoms with E-state index in [1.807, 2.05) is 25.1 Å². The van der Waals surface area contributed by atoms with Crippen LogP contribution in [0.1, 0.15) is 37.8 Å². The average Bonchev–Trinajstić information content (AvgIpc) is 2.50. The lowest BCUT2D eigenvalue weighted by Crippen LogP contribution is -1.84. The lowest BCUT2D eigenvalue weighted by molar-refractivity contribution is -0.109. The molecule has 0 atom stereocenters. The number of benzene rings is 2. The van der Waals surface area contributed by atoms with Crippen molar-refractivity contribution in [1.29, 1.82) is 0 Å². The lowest BCUT2D eigenvalue weighted by Gasteiger charge is -2.02. The van der Waals surface area contributed by atoms with Crippen molar-refractivity contribution in [2.75, 3.05) is 0 Å². The van der Waals surface area contributed by atoms with Gasteiger partial charge in [-0.3, -0.25) is 4.79 Å². The molecule has 0 aliphatic rings. The van der Waals surface area contributed by atoms with Crippen LogP contribution < -0.4 is 0 Å². The number of hydrogen-bond donors (Lipinski definition) is 0. The molecule has 22 heavy (non-hydrogen) atoms. The molecule has 0 heterocycles. The summed E-state index contributed by atoms with van der Waals surface area (Å²) in [6, 6.07) is 16.2. The summed E-state index contributed by atoms with van der Waals surface area (Å²) in [6.45, 7) is 5.73. The van der Waals surface area contributed by atoms with Crippen LogP contribution in [0.2, 0.25) is 5.02 Å². The van der Waals surface area contributed by atoms with Gasteiger partial charge in [0.2, 0.25) is 0 Å². The molecule has 0 radical (unpaired) electrons. The number of carbonyl (C=O) groups excluding carboxylic acids is 1. The van der Waals surface area contributed by atoms with E-state index in [1.165, 1.54) is 36.6 Å². The number of unbranched alkanes of at least 4 members (excludes halogenated alkanes) is 1. The molecule has 1 nitrogen and oxygen atoms in total. The van der Waals surface area contributed by atoms with E-state index in [1.54, 1.807) is 6.92 Å². The Bertz CT molecular complexity index is 581. The Hall–Kier alpha value is -1.25. The van der Waals surface area contributed by atoms with E-state index in [4.69, 9.17) is 11.6 Å². The Balaban J connectivity index is 0.000000224. The van der Waals surface area contributed by atoms with Gasteiger partial charge in [0.1, 0.15) is 0 Å². The summed E-state index contributed by atoms with van der Waals surface area (Å²) >= 11 is 6.99. The molecule has 0 bridgehead atoms. The molecule has 0 unspecified atom stereocenters. The summed E-state index contributed by atoms with van der Waals surface area (Å²) in [6.07, 6.45) is 3.83. The van der Waals surface area contributed by atoms with Crippen LogP contribution in [0.25, 0.3) is 0 Å². The van der Waals surface area contributed by atoms with Crippen molar-refractivity contribution >= 4 is 28.5 Å². The Morgan fingerprint density at radius 2 is 1.82 bits per heavy atom. The van der Waals surface area contributed by atoms with Gasteiger partial charge >= 0.3 is 0 Å². The predicted molar refractivity (Wildman–Crippen MR) is 97.8 cm³/mol. The maximum atomic E-state index is 10.8. The van der Waals surface area contributed by atoms with Crippen molar-refractivity contribution < 1.29 is 4.79 Å². The van der Waals surface area contributed by atoms with Crippen molar-refractivity contribution in [3.8, 4) is 0 Å². The van der Waals surface area contributed by atoms with E-state index in [9.17, 15) is 4.79 Å². The molecule has 2 aromatic carbocycles. The quantitative estimate of drug-likeness (QED) is 0.609. The highest BCUT2D eigenvalue weighted by molar-refractivity contribution is 8.13. The van der Waals surface area contributed by atoms with Crippen LogP contribution in [-0.2, 0) is 11.2 Å². The second-order valence-corrected chi connectivity index (χ2v) is 6.75. The minimum atomic E-state index is 0.0837. The van der Waals surface area contributed by atoms with Crippen molar-refractivity contribution in [1.82, 2.24) is 0 Å². The second kappa shape index (κ2) is 10.5. The molecule has 2 rings (SSSR count). The molecule has 0 aromatic heterocycles. The van der Waals surface area contributed by atoms with E-state index >= 15 is 0 Å². The van der Waals surface area contributed by atoms with Gasteiger partial charge in [-0.2, -0.15) is 0 Å². The third kappa shape index (κ3) is 7.67. The first kappa shape index (κ1) is 18.8. The summed E-state index contributed by atoms with van der Waals surface area (Å²) in [5.74, 6) is 0. The van der Waals surface area contributed by atoms with E-state index in [0.29, 0.717) is 5.02 Å². The zero-order chi connectivity index (χ0) is 16.4. The standard InChI is InChI=1S/C10H14.C9H9ClOS/c1-2-3-7-10-8-5-4-6-9-10;1-6-3-4-8(10)5-9(6)12-7(2)11/h4-6,8-9H,2-3,7H2,1H3;3-5H,1-2H3. The minimum absolute atomic E-state index is 0.0837. The van der Waals surface area contributed by atoms with Crippen molar-refractivity contribution in [2.24, 2.45) is 0 Å². The Morgan fingerprint density at radius 3 is 2.41 bits per heavy atom. The van der Waals surface area contributed by atoms with Crippen molar-refractivity contribution in [2.45, 2.75) is 44.9 Å². The maximum Gasteiger partial charge on any atom is 0.190 e. The zero-order valence-corrected chi connectivity index (χ0v) is 15.0. The van der Waals surface area contributed by atoms with Gasteiger partial charge in [-0.1, -0.05) is 73.1 Å². The summed E-state index contributed by atoms with van der Waals surface area (Å²) in [4.78, 5) is 11.7. The molecule has 2 aromatic rings. The molecular formula is C19H23ClOS. The Morgan fingerprint density at radius 1 is 1.14 bits per heavy atom. The topological polar surface area (TPSA) is 17.1 Å². The normalized spacial score (nSPS) is 9.82. The molecule has 0 saturated carbocycles. The Labute approximate surface area is 143 Å². The van der Waals surface area contributed by atoms with Gasteiger partial charge in [-0.15, -0.1) is 0 Å². The van der Waals surface area contributed by atoms with Crippen molar-refractivity contribution in [3.63, 3.8) is 0 Å². The van der Waals surface area contributed by atoms with Crippen LogP contribution in [0.15, 0.2) is 53.4 Å². The van der Waals surface area contributed by atoms with Gasteiger partial charge in [0.25, 0.3) is 0 Å². The minimum Gasteiger partial charge on any atom is -0.287 e. The van der Waals surface area contributed by atoms with E-state index in [0.717, 1.165) is 10.5 Å². The fourth-order valence-corrected chi connectivity index (χ4v) is 2.83. The average molecular weight is 335 g/mol. The number of thioether (sulfide) groups is 1. The van der Waals surface area contributed by atoms with Crippen LogP contribution in [0.4, 0.5) is 0 Å². The van der Waals surface area contributed by atoms with Crippen LogP contribution in [-0.4, -0.2) is 5.12 Å². The van der Waals surface area contributed by atoms with Crippen LogP contribution >= 0.6 is 23.4 Å². The fraction of sp³-hybridized carbons (Fsp3) is 0.316. The smallest absolute Gasteiger partial charge is 0.190 e. The SMILES string of the molecule is CC(=O)Sc1cc(Cl)ccc1C.CCCCc1ccccc1. The first-order chi connectivity index (χ1) is 10.5. The van der Waals surface area contributed by atoms with E-state index in [2.05, 4.69) is 37.3 Å². The number of carbonyl (C=O) groups is 1. The molecule has 0 spiro atoms. The van der Waals surface area contributed by atoms with Gasteiger partial charge in [0, 0.05) is 16.8 Å². The van der Waals surface area contributed by atoms with Gasteiger partial charge < -0.3 is 0 Å². The highest BCUT2D eigenvalue weighted by atomic mass is 35.5. The zero-order valence-electron chi connectivity index (χ0n) is 13.4. The van der Waals surface area contributed by atoms with Gasteiger partial charge in [0.15, 0.2) is 5.12 Å². The first-order valence-corrected chi connectivity index (χ1v) is 8.71. The molecule has 0 aliphatic carbocycles. The van der Waals surface area contributed by atoms with Crippen molar-refractivity contribution in [3.05, 3.63) is 64.7 Å². The first-order valence-electron chi connectivity index (χ1n) is 7.51. The fourth-order valence-electron chi connectivity index (χ4n) is 1.86. The number of halogens is 1. The lowest BCUT2D eigenvalue weighted by atomic mass is 10.1. The third-order valence-corrected chi connectivity index (χ3v) is 4.25. The molecule has 0 N–H and O–H groups in total. The molecule has 118 valence electrons. The number of rotatable bonds is 4. The predicted octanol–water partition coefficient (Wildman–Crippen LogP) is 6.32. The maximum absolute atomic E-state index is 10.8.